The minimum Gasteiger partial charge on any atom is -0.386 e. The maximum atomic E-state index is 6.96. The Kier molecular flexibility index (Phi) is 10.2. The zero-order valence-electron chi connectivity index (χ0n) is 25.5. The number of rotatable bonds is 10. The molecular formula is C31H52O4Si2. The van der Waals surface area contributed by atoms with Gasteiger partial charge in [-0.3, -0.25) is 0 Å². The molecule has 0 unspecified atom stereocenters. The Morgan fingerprint density at radius 2 is 0.676 bits per heavy atom. The summed E-state index contributed by atoms with van der Waals surface area (Å²) in [5.41, 5.74) is -1.37. The quantitative estimate of drug-likeness (QED) is 0.293. The van der Waals surface area contributed by atoms with E-state index in [0.29, 0.717) is 0 Å². The molecule has 4 nitrogen and oxygen atoms in total. The van der Waals surface area contributed by atoms with Gasteiger partial charge in [0, 0.05) is 0 Å². The van der Waals surface area contributed by atoms with Crippen LogP contribution < -0.4 is 10.4 Å². The van der Waals surface area contributed by atoms with Crippen molar-refractivity contribution in [3.05, 3.63) is 60.7 Å². The van der Waals surface area contributed by atoms with Crippen LogP contribution in [-0.2, 0) is 17.7 Å². The molecule has 37 heavy (non-hydrogen) atoms. The molecule has 0 fully saturated rings. The minimum atomic E-state index is -2.85. The monoisotopic (exact) mass is 544 g/mol. The fourth-order valence-electron chi connectivity index (χ4n) is 4.69. The summed E-state index contributed by atoms with van der Waals surface area (Å²) in [4.78, 5) is 0. The Hall–Kier alpha value is -1.29. The summed E-state index contributed by atoms with van der Waals surface area (Å²) in [6, 6.07) is 22.8. The minimum absolute atomic E-state index is 0.342. The molecule has 2 aromatic carbocycles. The maximum Gasteiger partial charge on any atom is 0.373 e. The highest BCUT2D eigenvalue weighted by molar-refractivity contribution is 6.82. The second-order valence-electron chi connectivity index (χ2n) is 13.9. The van der Waals surface area contributed by atoms with Crippen LogP contribution in [0.3, 0.4) is 0 Å². The molecular weight excluding hydrogens is 493 g/mol. The smallest absolute Gasteiger partial charge is 0.373 e. The van der Waals surface area contributed by atoms with Gasteiger partial charge in [0.05, 0.1) is 22.4 Å². The van der Waals surface area contributed by atoms with Gasteiger partial charge in [0.1, 0.15) is 0 Å². The lowest BCUT2D eigenvalue weighted by Crippen LogP contribution is -2.62. The van der Waals surface area contributed by atoms with E-state index in [4.69, 9.17) is 17.7 Å². The molecule has 0 saturated heterocycles. The first-order valence-corrected chi connectivity index (χ1v) is 17.7. The molecule has 0 heterocycles. The summed E-state index contributed by atoms with van der Waals surface area (Å²) in [5.74, 6) is 0. The van der Waals surface area contributed by atoms with E-state index in [1.807, 2.05) is 0 Å². The third-order valence-corrected chi connectivity index (χ3v) is 13.5. The lowest BCUT2D eigenvalue weighted by atomic mass is 10.2. The lowest BCUT2D eigenvalue weighted by Gasteiger charge is -2.43. The Labute approximate surface area is 229 Å². The van der Waals surface area contributed by atoms with Gasteiger partial charge >= 0.3 is 17.1 Å². The van der Waals surface area contributed by atoms with Gasteiger partial charge in [0.15, 0.2) is 0 Å². The Morgan fingerprint density at radius 1 is 0.432 bits per heavy atom. The highest BCUT2D eigenvalue weighted by Gasteiger charge is 2.50. The van der Waals surface area contributed by atoms with Crippen LogP contribution in [-0.4, -0.2) is 39.5 Å². The van der Waals surface area contributed by atoms with E-state index in [-0.39, 0.29) is 22.4 Å². The van der Waals surface area contributed by atoms with Crippen LogP contribution in [0.25, 0.3) is 0 Å². The molecule has 0 atom stereocenters. The zero-order valence-corrected chi connectivity index (χ0v) is 27.5. The van der Waals surface area contributed by atoms with Gasteiger partial charge in [0.25, 0.3) is 0 Å². The first-order valence-electron chi connectivity index (χ1n) is 13.7. The van der Waals surface area contributed by atoms with Crippen molar-refractivity contribution >= 4 is 27.5 Å². The van der Waals surface area contributed by atoms with Gasteiger partial charge in [-0.1, -0.05) is 60.7 Å². The molecule has 0 aliphatic rings. The van der Waals surface area contributed by atoms with Crippen molar-refractivity contribution in [3.63, 3.8) is 0 Å². The molecule has 0 saturated carbocycles. The van der Waals surface area contributed by atoms with E-state index < -0.39 is 17.1 Å². The van der Waals surface area contributed by atoms with Crippen LogP contribution in [0.5, 0.6) is 0 Å². The number of benzene rings is 2. The summed E-state index contributed by atoms with van der Waals surface area (Å²) in [7, 11) is -5.70. The van der Waals surface area contributed by atoms with Crippen LogP contribution in [0.1, 0.15) is 89.5 Å². The average molecular weight is 545 g/mol. The first kappa shape index (κ1) is 31.9. The maximum absolute atomic E-state index is 6.96. The van der Waals surface area contributed by atoms with Gasteiger partial charge in [0.2, 0.25) is 0 Å². The van der Waals surface area contributed by atoms with Gasteiger partial charge in [-0.15, -0.1) is 0 Å². The first-order chi connectivity index (χ1) is 16.7. The largest absolute Gasteiger partial charge is 0.386 e. The molecule has 208 valence electrons. The lowest BCUT2D eigenvalue weighted by molar-refractivity contribution is 0.0194. The third-order valence-electron chi connectivity index (χ3n) is 5.32. The van der Waals surface area contributed by atoms with Crippen molar-refractivity contribution in [2.45, 2.75) is 124 Å². The summed E-state index contributed by atoms with van der Waals surface area (Å²) in [5, 5.41) is 2.33. The molecule has 2 rings (SSSR count). The van der Waals surface area contributed by atoms with E-state index in [0.717, 1.165) is 18.5 Å². The van der Waals surface area contributed by atoms with Gasteiger partial charge in [-0.25, -0.2) is 0 Å². The van der Waals surface area contributed by atoms with E-state index in [2.05, 4.69) is 144 Å². The van der Waals surface area contributed by atoms with Gasteiger partial charge in [-0.05, 0) is 112 Å². The molecule has 6 heteroatoms. The van der Waals surface area contributed by atoms with E-state index in [1.54, 1.807) is 0 Å². The van der Waals surface area contributed by atoms with Crippen molar-refractivity contribution in [3.8, 4) is 0 Å². The molecule has 0 radical (unpaired) electrons. The molecule has 2 aromatic rings. The fraction of sp³-hybridized carbons (Fsp3) is 0.613. The van der Waals surface area contributed by atoms with E-state index in [1.165, 1.54) is 10.4 Å². The predicted octanol–water partition coefficient (Wildman–Crippen LogP) is 7.34. The topological polar surface area (TPSA) is 36.9 Å². The molecule has 0 bridgehead atoms. The Balaban J connectivity index is 2.56. The van der Waals surface area contributed by atoms with Crippen LogP contribution in [0, 0.1) is 0 Å². The van der Waals surface area contributed by atoms with Gasteiger partial charge in [-0.2, -0.15) is 0 Å². The second kappa shape index (κ2) is 11.8. The Bertz CT molecular complexity index is 838. The third kappa shape index (κ3) is 10.8. The van der Waals surface area contributed by atoms with Crippen LogP contribution in [0.2, 0.25) is 12.1 Å². The van der Waals surface area contributed by atoms with Crippen LogP contribution in [0.15, 0.2) is 60.7 Å². The van der Waals surface area contributed by atoms with Gasteiger partial charge < -0.3 is 17.7 Å². The van der Waals surface area contributed by atoms with E-state index in [9.17, 15) is 0 Å². The van der Waals surface area contributed by atoms with Crippen molar-refractivity contribution in [1.82, 2.24) is 0 Å². The summed E-state index contributed by atoms with van der Waals surface area (Å²) in [6.45, 7) is 25.5. The van der Waals surface area contributed by atoms with E-state index >= 15 is 0 Å². The predicted molar refractivity (Wildman–Crippen MR) is 161 cm³/mol. The molecule has 0 aliphatic carbocycles. The summed E-state index contributed by atoms with van der Waals surface area (Å²) in [6.07, 6.45) is 0.876. The highest BCUT2D eigenvalue weighted by atomic mass is 28.4. The van der Waals surface area contributed by atoms with Crippen molar-refractivity contribution < 1.29 is 17.7 Å². The van der Waals surface area contributed by atoms with Crippen molar-refractivity contribution in [1.29, 1.82) is 0 Å². The number of hydrogen-bond donors (Lipinski definition) is 0. The molecule has 0 amide bonds. The molecule has 0 aromatic heterocycles. The van der Waals surface area contributed by atoms with Crippen molar-refractivity contribution in [2.75, 3.05) is 0 Å². The van der Waals surface area contributed by atoms with Crippen molar-refractivity contribution in [2.24, 2.45) is 0 Å². The van der Waals surface area contributed by atoms with Crippen LogP contribution >= 0.6 is 0 Å². The number of hydrogen-bond acceptors (Lipinski definition) is 4. The fourth-order valence-corrected chi connectivity index (χ4v) is 13.2. The standard InChI is InChI=1S/C31H52O4Si2/c1-28(2,3)32-36(33-29(4,5)6,26-20-15-13-16-21-26)24-19-25-37(34-30(7,8)9,35-31(10,11)12)27-22-17-14-18-23-27/h13-18,20-23H,19,24-25H2,1-12H3. The SMILES string of the molecule is CC(C)(C)O[Si](CCC[Si](OC(C)(C)C)(OC(C)(C)C)c1ccccc1)(OC(C)(C)C)c1ccccc1. The zero-order chi connectivity index (χ0) is 28.2. The van der Waals surface area contributed by atoms with Crippen LogP contribution in [0.4, 0.5) is 0 Å². The molecule has 0 aliphatic heterocycles. The second-order valence-corrected chi connectivity index (χ2v) is 19.9. The molecule has 0 N–H and O–H groups in total. The normalized spacial score (nSPS) is 14.2. The molecule has 0 spiro atoms. The summed E-state index contributed by atoms with van der Waals surface area (Å²) >= 11 is 0. The summed E-state index contributed by atoms with van der Waals surface area (Å²) < 4.78 is 27.8. The highest BCUT2D eigenvalue weighted by Crippen LogP contribution is 2.33. The Morgan fingerprint density at radius 3 is 0.892 bits per heavy atom. The average Bonchev–Trinajstić information content (AvgIpc) is 2.70.